The van der Waals surface area contributed by atoms with E-state index in [-0.39, 0.29) is 38.0 Å². The Balaban J connectivity index is 1.65. The van der Waals surface area contributed by atoms with E-state index < -0.39 is 36.3 Å². The van der Waals surface area contributed by atoms with Crippen LogP contribution >= 0.6 is 0 Å². The Hall–Kier alpha value is -5.26. The van der Waals surface area contributed by atoms with Gasteiger partial charge in [-0.05, 0) is 29.0 Å². The third-order valence-electron chi connectivity index (χ3n) is 6.76. The first-order valence-corrected chi connectivity index (χ1v) is 13.3. The molecule has 1 aliphatic rings. The van der Waals surface area contributed by atoms with Gasteiger partial charge in [-0.2, -0.15) is 0 Å². The van der Waals surface area contributed by atoms with Crippen molar-refractivity contribution in [1.29, 1.82) is 0 Å². The molecule has 12 nitrogen and oxygen atoms in total. The summed E-state index contributed by atoms with van der Waals surface area (Å²) in [4.78, 5) is 76.9. The lowest BCUT2D eigenvalue weighted by Gasteiger charge is -2.27. The van der Waals surface area contributed by atoms with Crippen molar-refractivity contribution in [3.05, 3.63) is 72.3 Å². The van der Waals surface area contributed by atoms with E-state index in [1.165, 1.54) is 11.8 Å². The third-order valence-corrected chi connectivity index (χ3v) is 6.76. The smallest absolute Gasteiger partial charge is 0.305 e. The van der Waals surface area contributed by atoms with Crippen molar-refractivity contribution < 1.29 is 33.9 Å². The van der Waals surface area contributed by atoms with Crippen molar-refractivity contribution in [2.75, 3.05) is 36.0 Å². The summed E-state index contributed by atoms with van der Waals surface area (Å²) >= 11 is 0. The van der Waals surface area contributed by atoms with Gasteiger partial charge in [0, 0.05) is 25.6 Å². The lowest BCUT2D eigenvalue weighted by Crippen LogP contribution is -2.52. The van der Waals surface area contributed by atoms with Crippen LogP contribution in [0.4, 0.5) is 11.4 Å². The number of para-hydroxylation sites is 2. The van der Waals surface area contributed by atoms with E-state index in [9.17, 15) is 28.8 Å². The van der Waals surface area contributed by atoms with Crippen LogP contribution in [-0.2, 0) is 24.0 Å². The molecule has 2 atom stereocenters. The van der Waals surface area contributed by atoms with Crippen LogP contribution < -0.4 is 25.8 Å². The zero-order chi connectivity index (χ0) is 30.2. The van der Waals surface area contributed by atoms with Crippen molar-refractivity contribution in [3.63, 3.8) is 0 Å². The second-order valence-corrected chi connectivity index (χ2v) is 9.89. The lowest BCUT2D eigenvalue weighted by molar-refractivity contribution is -0.138. The van der Waals surface area contributed by atoms with Crippen LogP contribution in [0.3, 0.4) is 0 Å². The molecule has 0 radical (unpaired) electrons. The van der Waals surface area contributed by atoms with Gasteiger partial charge in [0.1, 0.15) is 6.29 Å². The molecule has 3 aromatic rings. The zero-order valence-corrected chi connectivity index (χ0v) is 22.9. The fourth-order valence-corrected chi connectivity index (χ4v) is 4.91. The van der Waals surface area contributed by atoms with Crippen molar-refractivity contribution in [2.45, 2.75) is 25.4 Å². The van der Waals surface area contributed by atoms with Gasteiger partial charge in [0.2, 0.25) is 17.7 Å². The van der Waals surface area contributed by atoms with Gasteiger partial charge < -0.3 is 35.7 Å². The number of rotatable bonds is 10. The molecule has 4 amide bonds. The number of benzene rings is 3. The number of hydrogen-bond donors (Lipinski definition) is 4. The van der Waals surface area contributed by atoms with Crippen LogP contribution in [0.25, 0.3) is 10.8 Å². The fraction of sp³-hybridized carbons (Fsp3) is 0.267. The van der Waals surface area contributed by atoms with Crippen LogP contribution in [0, 0.1) is 0 Å². The first-order chi connectivity index (χ1) is 20.2. The molecule has 4 N–H and O–H groups in total. The van der Waals surface area contributed by atoms with Gasteiger partial charge in [0.15, 0.2) is 0 Å². The van der Waals surface area contributed by atoms with E-state index in [4.69, 9.17) is 5.11 Å². The predicted molar refractivity (Wildman–Crippen MR) is 155 cm³/mol. The van der Waals surface area contributed by atoms with Crippen LogP contribution in [0.15, 0.2) is 66.7 Å². The average molecular weight is 574 g/mol. The molecule has 0 fully saturated rings. The van der Waals surface area contributed by atoms with Gasteiger partial charge in [-0.1, -0.05) is 48.5 Å². The maximum atomic E-state index is 13.6. The Kier molecular flexibility index (Phi) is 9.48. The standard InChI is InChI=1S/C30H31N5O7/c1-19(37)31-14-28(39)35-16-22(33-30(42)24-10-6-8-20-7-2-3-9-23(20)24)15-34(25-11-4-5-12-26(25)35)17-27(38)32-21(18-36)13-29(40)41/h2-12,18,21-22H,13-17H2,1H3,(H,31,37)(H,32,38)(H,33,42)(H,40,41)/t21-,22+/m0/s1. The monoisotopic (exact) mass is 573 g/mol. The van der Waals surface area contributed by atoms with Gasteiger partial charge >= 0.3 is 5.97 Å². The van der Waals surface area contributed by atoms with Crippen LogP contribution in [0.5, 0.6) is 0 Å². The highest BCUT2D eigenvalue weighted by Gasteiger charge is 2.32. The van der Waals surface area contributed by atoms with E-state index in [0.717, 1.165) is 10.8 Å². The molecule has 0 aromatic heterocycles. The van der Waals surface area contributed by atoms with Crippen LogP contribution in [-0.4, -0.2) is 79.3 Å². The second kappa shape index (κ2) is 13.4. The Bertz CT molecular complexity index is 1520. The number of carbonyl (C=O) groups is 6. The Labute approximate surface area is 241 Å². The lowest BCUT2D eigenvalue weighted by atomic mass is 10.0. The molecule has 3 aromatic carbocycles. The maximum Gasteiger partial charge on any atom is 0.305 e. The summed E-state index contributed by atoms with van der Waals surface area (Å²) in [5, 5.41) is 18.6. The summed E-state index contributed by atoms with van der Waals surface area (Å²) < 4.78 is 0. The van der Waals surface area contributed by atoms with Crippen molar-refractivity contribution >= 4 is 58.0 Å². The number of carbonyl (C=O) groups excluding carboxylic acids is 5. The summed E-state index contributed by atoms with van der Waals surface area (Å²) in [6, 6.07) is 17.8. The number of amides is 4. The largest absolute Gasteiger partial charge is 0.481 e. The minimum Gasteiger partial charge on any atom is -0.481 e. The minimum absolute atomic E-state index is 0.0417. The summed E-state index contributed by atoms with van der Waals surface area (Å²) in [5.74, 6) is -3.02. The van der Waals surface area contributed by atoms with E-state index in [1.807, 2.05) is 30.3 Å². The molecular weight excluding hydrogens is 542 g/mol. The SMILES string of the molecule is CC(=O)NCC(=O)N1C[C@H](NC(=O)c2cccc3ccccc23)CN(CC(=O)N[C@H](C=O)CC(=O)O)c2ccccc21. The molecular formula is C30H31N5O7. The highest BCUT2D eigenvalue weighted by atomic mass is 16.4. The fourth-order valence-electron chi connectivity index (χ4n) is 4.91. The van der Waals surface area contributed by atoms with E-state index in [2.05, 4.69) is 16.0 Å². The first-order valence-electron chi connectivity index (χ1n) is 13.3. The molecule has 1 aliphatic heterocycles. The molecule has 218 valence electrons. The van der Waals surface area contributed by atoms with E-state index in [1.54, 1.807) is 41.3 Å². The second-order valence-electron chi connectivity index (χ2n) is 9.89. The van der Waals surface area contributed by atoms with Crippen LogP contribution in [0.1, 0.15) is 23.7 Å². The molecule has 4 rings (SSSR count). The summed E-state index contributed by atoms with van der Waals surface area (Å²) in [6.07, 6.45) is -0.209. The molecule has 12 heteroatoms. The number of nitrogens with zero attached hydrogens (tertiary/aromatic N) is 2. The quantitative estimate of drug-likeness (QED) is 0.262. The average Bonchev–Trinajstić information content (AvgIpc) is 3.11. The molecule has 0 spiro atoms. The number of aliphatic carboxylic acids is 1. The zero-order valence-electron chi connectivity index (χ0n) is 22.9. The normalized spacial score (nSPS) is 15.1. The Morgan fingerprint density at radius 3 is 2.36 bits per heavy atom. The van der Waals surface area contributed by atoms with Gasteiger partial charge in [-0.3, -0.25) is 24.0 Å². The van der Waals surface area contributed by atoms with Gasteiger partial charge in [-0.25, -0.2) is 0 Å². The number of aldehydes is 1. The van der Waals surface area contributed by atoms with Crippen molar-refractivity contribution in [1.82, 2.24) is 16.0 Å². The molecule has 0 saturated carbocycles. The highest BCUT2D eigenvalue weighted by molar-refractivity contribution is 6.07. The summed E-state index contributed by atoms with van der Waals surface area (Å²) in [7, 11) is 0. The van der Waals surface area contributed by atoms with Gasteiger partial charge in [0.25, 0.3) is 5.91 Å². The maximum absolute atomic E-state index is 13.6. The Morgan fingerprint density at radius 2 is 1.64 bits per heavy atom. The molecule has 0 bridgehead atoms. The number of hydrogen-bond acceptors (Lipinski definition) is 7. The van der Waals surface area contributed by atoms with Gasteiger partial charge in [0.05, 0.1) is 43.0 Å². The number of anilines is 2. The molecule has 42 heavy (non-hydrogen) atoms. The van der Waals surface area contributed by atoms with Gasteiger partial charge in [-0.15, -0.1) is 0 Å². The summed E-state index contributed by atoms with van der Waals surface area (Å²) in [6.45, 7) is 0.892. The number of carboxylic acid groups (broad SMARTS) is 1. The van der Waals surface area contributed by atoms with E-state index >= 15 is 0 Å². The number of fused-ring (bicyclic) bond motifs is 2. The topological polar surface area (TPSA) is 165 Å². The summed E-state index contributed by atoms with van der Waals surface area (Å²) in [5.41, 5.74) is 1.41. The Morgan fingerprint density at radius 1 is 0.952 bits per heavy atom. The first kappa shape index (κ1) is 29.7. The van der Waals surface area contributed by atoms with E-state index in [0.29, 0.717) is 23.2 Å². The highest BCUT2D eigenvalue weighted by Crippen LogP contribution is 2.32. The predicted octanol–water partition coefficient (Wildman–Crippen LogP) is 1.09. The molecule has 0 aliphatic carbocycles. The van der Waals surface area contributed by atoms with Crippen LogP contribution in [0.2, 0.25) is 0 Å². The molecule has 0 unspecified atom stereocenters. The van der Waals surface area contributed by atoms with Crippen molar-refractivity contribution in [2.24, 2.45) is 0 Å². The molecule has 1 heterocycles. The third kappa shape index (κ3) is 7.27. The minimum atomic E-state index is -1.24. The van der Waals surface area contributed by atoms with Crippen molar-refractivity contribution in [3.8, 4) is 0 Å². The molecule has 0 saturated heterocycles. The number of nitrogens with one attached hydrogen (secondary N) is 3. The number of carboxylic acids is 1.